The summed E-state index contributed by atoms with van der Waals surface area (Å²) in [6, 6.07) is 45.0. The second-order valence-corrected chi connectivity index (χ2v) is 16.7. The minimum Gasteiger partial charge on any atom is -0.143 e. The quantitative estimate of drug-likeness (QED) is 0.154. The molecule has 9 aromatic rings. The van der Waals surface area contributed by atoms with Crippen LogP contribution in [-0.2, 0) is 0 Å². The number of fused-ring (bicyclic) bond motifs is 2. The molecular weight excluding hydrogens is 649 g/mol. The number of hydrogen-bond acceptors (Lipinski definition) is 6. The van der Waals surface area contributed by atoms with Crippen LogP contribution in [0.1, 0.15) is 0 Å². The van der Waals surface area contributed by atoms with E-state index in [4.69, 9.17) is 0 Å². The molecule has 44 heavy (non-hydrogen) atoms. The molecule has 0 radical (unpaired) electrons. The average Bonchev–Trinajstić information content (AvgIpc) is 3.90. The molecule has 0 aliphatic heterocycles. The van der Waals surface area contributed by atoms with E-state index in [0.29, 0.717) is 0 Å². The molecule has 0 unspecified atom stereocenters. The Labute approximate surface area is 279 Å². The Morgan fingerprint density at radius 1 is 0.250 bits per heavy atom. The molecule has 0 bridgehead atoms. The van der Waals surface area contributed by atoms with E-state index in [9.17, 15) is 0 Å². The normalized spacial score (nSPS) is 11.6. The van der Waals surface area contributed by atoms with Gasteiger partial charge in [0.25, 0.3) is 0 Å². The van der Waals surface area contributed by atoms with E-state index >= 15 is 0 Å². The predicted octanol–water partition coefficient (Wildman–Crippen LogP) is 14.4. The maximum atomic E-state index is 2.32. The van der Waals surface area contributed by atoms with Gasteiger partial charge in [-0.25, -0.2) is 0 Å². The minimum atomic E-state index is 1.31. The second kappa shape index (κ2) is 11.1. The summed E-state index contributed by atoms with van der Waals surface area (Å²) in [6.45, 7) is 0. The smallest absolute Gasteiger partial charge is 0.0449 e. The van der Waals surface area contributed by atoms with Crippen molar-refractivity contribution < 1.29 is 0 Å². The summed E-state index contributed by atoms with van der Waals surface area (Å²) in [5.74, 6) is 0. The van der Waals surface area contributed by atoms with Gasteiger partial charge in [-0.05, 0) is 93.0 Å². The fraction of sp³-hybridized carbons (Fsp3) is 0. The molecule has 6 heterocycles. The summed E-state index contributed by atoms with van der Waals surface area (Å²) in [7, 11) is 0. The lowest BCUT2D eigenvalue weighted by atomic mass is 9.90. The van der Waals surface area contributed by atoms with Gasteiger partial charge in [-0.3, -0.25) is 0 Å². The van der Waals surface area contributed by atoms with Crippen LogP contribution < -0.4 is 0 Å². The number of rotatable bonds is 6. The second-order valence-electron chi connectivity index (χ2n) is 10.5. The first kappa shape index (κ1) is 26.8. The molecule has 9 rings (SSSR count). The van der Waals surface area contributed by atoms with Gasteiger partial charge in [0, 0.05) is 59.9 Å². The van der Waals surface area contributed by atoms with Gasteiger partial charge in [0.2, 0.25) is 0 Å². The van der Waals surface area contributed by atoms with E-state index in [1.54, 1.807) is 22.7 Å². The molecule has 6 aromatic heterocycles. The lowest BCUT2D eigenvalue weighted by Crippen LogP contribution is -1.87. The summed E-state index contributed by atoms with van der Waals surface area (Å²) in [5, 5.41) is 9.55. The Kier molecular flexibility index (Phi) is 6.73. The zero-order chi connectivity index (χ0) is 29.0. The van der Waals surface area contributed by atoms with Gasteiger partial charge in [0.05, 0.1) is 0 Å². The highest BCUT2D eigenvalue weighted by molar-refractivity contribution is 7.28. The van der Waals surface area contributed by atoms with Crippen molar-refractivity contribution in [1.29, 1.82) is 0 Å². The van der Waals surface area contributed by atoms with E-state index in [2.05, 4.69) is 132 Å². The van der Waals surface area contributed by atoms with E-state index in [-0.39, 0.29) is 0 Å². The summed E-state index contributed by atoms with van der Waals surface area (Å²) < 4.78 is 0. The van der Waals surface area contributed by atoms with Crippen LogP contribution in [0.3, 0.4) is 0 Å². The molecule has 0 aliphatic rings. The number of thiophene rings is 6. The fourth-order valence-electron chi connectivity index (χ4n) is 5.91. The maximum Gasteiger partial charge on any atom is 0.0449 e. The summed E-state index contributed by atoms with van der Waals surface area (Å²) in [6.07, 6.45) is 0. The third kappa shape index (κ3) is 4.57. The molecule has 6 heteroatoms. The number of benzene rings is 3. The van der Waals surface area contributed by atoms with Crippen molar-refractivity contribution in [2.24, 2.45) is 0 Å². The van der Waals surface area contributed by atoms with Crippen LogP contribution in [0.5, 0.6) is 0 Å². The van der Waals surface area contributed by atoms with Crippen molar-refractivity contribution in [2.45, 2.75) is 0 Å². The van der Waals surface area contributed by atoms with E-state index < -0.39 is 0 Å². The third-order valence-electron chi connectivity index (χ3n) is 7.86. The minimum absolute atomic E-state index is 1.31. The van der Waals surface area contributed by atoms with Crippen molar-refractivity contribution in [3.05, 3.63) is 132 Å². The molecule has 0 amide bonds. The summed E-state index contributed by atoms with van der Waals surface area (Å²) >= 11 is 11.2. The van der Waals surface area contributed by atoms with E-state index in [1.165, 1.54) is 81.4 Å². The lowest BCUT2D eigenvalue weighted by Gasteiger charge is -2.15. The molecule has 0 aliphatic carbocycles. The van der Waals surface area contributed by atoms with Crippen molar-refractivity contribution in [3.63, 3.8) is 0 Å². The van der Waals surface area contributed by atoms with Crippen molar-refractivity contribution in [1.82, 2.24) is 0 Å². The molecule has 0 N–H and O–H groups in total. The zero-order valence-electron chi connectivity index (χ0n) is 23.2. The molecule has 0 atom stereocenters. The molecule has 0 fully saturated rings. The summed E-state index contributed by atoms with van der Waals surface area (Å²) in [5.41, 5.74) is 2.67. The van der Waals surface area contributed by atoms with Crippen LogP contribution in [0, 0.1) is 0 Å². The van der Waals surface area contributed by atoms with Crippen LogP contribution in [-0.4, -0.2) is 0 Å². The predicted molar refractivity (Wildman–Crippen MR) is 201 cm³/mol. The molecule has 0 saturated carbocycles. The Morgan fingerprint density at radius 2 is 0.545 bits per heavy atom. The number of hydrogen-bond donors (Lipinski definition) is 0. The van der Waals surface area contributed by atoms with Crippen LogP contribution >= 0.6 is 68.0 Å². The van der Waals surface area contributed by atoms with Crippen LogP contribution in [0.25, 0.3) is 81.4 Å². The standard InChI is InChI=1S/C38H22S6/c1-2-8-24-23(7-1)37(35-19-17-33(43-35)31-15-13-29(41-31)27-11-5-21-39-27)25-9-3-4-10-26(25)38(24)36-20-18-34(44-36)32-16-14-30(42-32)28-12-6-22-40-28/h1-22H. The molecule has 0 nitrogen and oxygen atoms in total. The highest BCUT2D eigenvalue weighted by Crippen LogP contribution is 2.50. The maximum absolute atomic E-state index is 2.32. The highest BCUT2D eigenvalue weighted by atomic mass is 32.1. The zero-order valence-corrected chi connectivity index (χ0v) is 28.1. The first-order valence-corrected chi connectivity index (χ1v) is 19.2. The average molecular weight is 671 g/mol. The van der Waals surface area contributed by atoms with Crippen LogP contribution in [0.4, 0.5) is 0 Å². The Morgan fingerprint density at radius 3 is 0.864 bits per heavy atom. The Balaban J connectivity index is 1.17. The molecule has 0 saturated heterocycles. The SMILES string of the molecule is c1csc(-c2ccc(-c3ccc(-c4c5ccccc5c(-c5ccc(-c6ccc(-c7cccs7)s6)s5)c5ccccc45)s3)s2)c1. The molecule has 3 aromatic carbocycles. The van der Waals surface area contributed by atoms with Gasteiger partial charge in [-0.15, -0.1) is 68.0 Å². The Hall–Kier alpha value is -3.62. The largest absolute Gasteiger partial charge is 0.143 e. The van der Waals surface area contributed by atoms with Gasteiger partial charge in [-0.1, -0.05) is 60.7 Å². The fourth-order valence-corrected chi connectivity index (χ4v) is 11.9. The van der Waals surface area contributed by atoms with Gasteiger partial charge in [-0.2, -0.15) is 0 Å². The monoisotopic (exact) mass is 670 g/mol. The van der Waals surface area contributed by atoms with E-state index in [1.807, 2.05) is 45.3 Å². The van der Waals surface area contributed by atoms with E-state index in [0.717, 1.165) is 0 Å². The van der Waals surface area contributed by atoms with Crippen molar-refractivity contribution in [3.8, 4) is 59.9 Å². The third-order valence-corrected chi connectivity index (χ3v) is 14.8. The lowest BCUT2D eigenvalue weighted by molar-refractivity contribution is 1.75. The van der Waals surface area contributed by atoms with Gasteiger partial charge < -0.3 is 0 Å². The topological polar surface area (TPSA) is 0 Å². The summed E-state index contributed by atoms with van der Waals surface area (Å²) in [4.78, 5) is 13.3. The van der Waals surface area contributed by atoms with Gasteiger partial charge >= 0.3 is 0 Å². The van der Waals surface area contributed by atoms with Gasteiger partial charge in [0.1, 0.15) is 0 Å². The van der Waals surface area contributed by atoms with Crippen molar-refractivity contribution in [2.75, 3.05) is 0 Å². The van der Waals surface area contributed by atoms with Gasteiger partial charge in [0.15, 0.2) is 0 Å². The molecule has 0 spiro atoms. The first-order valence-electron chi connectivity index (χ1n) is 14.2. The first-order chi connectivity index (χ1) is 21.8. The van der Waals surface area contributed by atoms with Crippen LogP contribution in [0.2, 0.25) is 0 Å². The Bertz CT molecular complexity index is 2160. The highest BCUT2D eigenvalue weighted by Gasteiger charge is 2.20. The van der Waals surface area contributed by atoms with Crippen LogP contribution in [0.15, 0.2) is 132 Å². The molecular formula is C38H22S6. The van der Waals surface area contributed by atoms with Crippen molar-refractivity contribution >= 4 is 89.6 Å². The molecule has 210 valence electrons.